The van der Waals surface area contributed by atoms with Crippen molar-refractivity contribution < 1.29 is 5.21 Å². The zero-order valence-electron chi connectivity index (χ0n) is 12.3. The second kappa shape index (κ2) is 8.52. The summed E-state index contributed by atoms with van der Waals surface area (Å²) in [5.74, 6) is 0.717. The maximum atomic E-state index is 8.65. The first kappa shape index (κ1) is 15.5. The van der Waals surface area contributed by atoms with Gasteiger partial charge in [-0.15, -0.1) is 0 Å². The minimum absolute atomic E-state index is 0.717. The minimum atomic E-state index is 0.717. The molecule has 0 heterocycles. The van der Waals surface area contributed by atoms with Gasteiger partial charge in [-0.25, -0.2) is 0 Å². The van der Waals surface area contributed by atoms with Crippen LogP contribution in [0.25, 0.3) is 0 Å². The largest absolute Gasteiger partial charge is 0.411 e. The summed E-state index contributed by atoms with van der Waals surface area (Å²) in [5, 5.41) is 11.8. The summed E-state index contributed by atoms with van der Waals surface area (Å²) in [6.07, 6.45) is 8.45. The van der Waals surface area contributed by atoms with Crippen LogP contribution in [0.2, 0.25) is 0 Å². The highest BCUT2D eigenvalue weighted by Gasteiger charge is 2.04. The van der Waals surface area contributed by atoms with Crippen molar-refractivity contribution in [2.24, 2.45) is 11.1 Å². The van der Waals surface area contributed by atoms with E-state index in [0.29, 0.717) is 0 Å². The van der Waals surface area contributed by atoms with E-state index in [9.17, 15) is 0 Å². The lowest BCUT2D eigenvalue weighted by Gasteiger charge is -2.11. The Morgan fingerprint density at radius 3 is 2.68 bits per heavy atom. The zero-order chi connectivity index (χ0) is 14.1. The summed E-state index contributed by atoms with van der Waals surface area (Å²) in [6.45, 7) is 6.60. The van der Waals surface area contributed by atoms with Crippen molar-refractivity contribution in [3.8, 4) is 0 Å². The highest BCUT2D eigenvalue weighted by molar-refractivity contribution is 5.81. The quantitative estimate of drug-likeness (QED) is 0.324. The lowest BCUT2D eigenvalue weighted by atomic mass is 9.94. The Labute approximate surface area is 116 Å². The number of hydrogen-bond donors (Lipinski definition) is 1. The Morgan fingerprint density at radius 2 is 2.00 bits per heavy atom. The van der Waals surface area contributed by atoms with E-state index in [1.807, 2.05) is 18.2 Å². The van der Waals surface area contributed by atoms with Crippen molar-refractivity contribution in [2.75, 3.05) is 0 Å². The fourth-order valence-corrected chi connectivity index (χ4v) is 2.15. The number of benzene rings is 1. The molecule has 0 fully saturated rings. The average molecular weight is 259 g/mol. The van der Waals surface area contributed by atoms with Crippen molar-refractivity contribution in [2.45, 2.75) is 46.5 Å². The van der Waals surface area contributed by atoms with Crippen molar-refractivity contribution in [1.82, 2.24) is 0 Å². The summed E-state index contributed by atoms with van der Waals surface area (Å²) in [7, 11) is 0. The van der Waals surface area contributed by atoms with Crippen molar-refractivity contribution in [1.29, 1.82) is 0 Å². The maximum absolute atomic E-state index is 8.65. The molecule has 0 spiro atoms. The van der Waals surface area contributed by atoms with Crippen LogP contribution in [-0.2, 0) is 6.42 Å². The van der Waals surface area contributed by atoms with Crippen LogP contribution in [0.1, 0.15) is 51.2 Å². The predicted molar refractivity (Wildman–Crippen MR) is 82.0 cm³/mol. The van der Waals surface area contributed by atoms with Gasteiger partial charge in [0.05, 0.1) is 6.21 Å². The number of oxime groups is 1. The molecule has 1 N–H and O–H groups in total. The molecule has 0 bridgehead atoms. The maximum Gasteiger partial charge on any atom is 0.0736 e. The molecule has 2 heteroatoms. The molecule has 1 atom stereocenters. The van der Waals surface area contributed by atoms with E-state index >= 15 is 0 Å². The SMILES string of the molecule is CC(C)=CCCC(C)CCc1ccccc1C=NO. The van der Waals surface area contributed by atoms with Crippen molar-refractivity contribution >= 4 is 6.21 Å². The first-order chi connectivity index (χ1) is 9.13. The van der Waals surface area contributed by atoms with E-state index in [2.05, 4.69) is 38.1 Å². The van der Waals surface area contributed by atoms with Crippen LogP contribution in [0.5, 0.6) is 0 Å². The van der Waals surface area contributed by atoms with E-state index in [1.54, 1.807) is 0 Å². The molecule has 0 amide bonds. The van der Waals surface area contributed by atoms with Gasteiger partial charge in [-0.3, -0.25) is 0 Å². The summed E-state index contributed by atoms with van der Waals surface area (Å²) in [6, 6.07) is 8.11. The van der Waals surface area contributed by atoms with Crippen LogP contribution in [0.15, 0.2) is 41.1 Å². The van der Waals surface area contributed by atoms with Gasteiger partial charge in [-0.2, -0.15) is 0 Å². The number of rotatable bonds is 7. The molecule has 1 aromatic rings. The molecular weight excluding hydrogens is 234 g/mol. The average Bonchev–Trinajstić information content (AvgIpc) is 2.37. The Kier molecular flexibility index (Phi) is 6.94. The van der Waals surface area contributed by atoms with E-state index in [-0.39, 0.29) is 0 Å². The number of allylic oxidation sites excluding steroid dienone is 2. The molecule has 1 unspecified atom stereocenters. The fourth-order valence-electron chi connectivity index (χ4n) is 2.15. The van der Waals surface area contributed by atoms with Crippen LogP contribution < -0.4 is 0 Å². The third-order valence-corrected chi connectivity index (χ3v) is 3.37. The molecule has 0 aliphatic rings. The molecule has 1 rings (SSSR count). The second-order valence-corrected chi connectivity index (χ2v) is 5.45. The predicted octanol–water partition coefficient (Wildman–Crippen LogP) is 4.81. The van der Waals surface area contributed by atoms with E-state index in [4.69, 9.17) is 5.21 Å². The van der Waals surface area contributed by atoms with E-state index in [0.717, 1.165) is 17.9 Å². The highest BCUT2D eigenvalue weighted by Crippen LogP contribution is 2.17. The van der Waals surface area contributed by atoms with Gasteiger partial charge in [-0.05, 0) is 56.6 Å². The van der Waals surface area contributed by atoms with E-state index < -0.39 is 0 Å². The molecule has 0 saturated heterocycles. The van der Waals surface area contributed by atoms with Crippen molar-refractivity contribution in [3.63, 3.8) is 0 Å². The highest BCUT2D eigenvalue weighted by atomic mass is 16.4. The molecule has 0 aliphatic heterocycles. The van der Waals surface area contributed by atoms with Gasteiger partial charge in [-0.1, -0.05) is 48.0 Å². The second-order valence-electron chi connectivity index (χ2n) is 5.45. The van der Waals surface area contributed by atoms with Gasteiger partial charge in [0.25, 0.3) is 0 Å². The lowest BCUT2D eigenvalue weighted by molar-refractivity contribution is 0.322. The molecular formula is C17H25NO. The molecule has 2 nitrogen and oxygen atoms in total. The Morgan fingerprint density at radius 1 is 1.26 bits per heavy atom. The monoisotopic (exact) mass is 259 g/mol. The smallest absolute Gasteiger partial charge is 0.0736 e. The molecule has 0 saturated carbocycles. The number of nitrogens with zero attached hydrogens (tertiary/aromatic N) is 1. The molecule has 0 aromatic heterocycles. The topological polar surface area (TPSA) is 32.6 Å². The van der Waals surface area contributed by atoms with E-state index in [1.165, 1.54) is 36.6 Å². The normalized spacial score (nSPS) is 12.6. The van der Waals surface area contributed by atoms with Gasteiger partial charge >= 0.3 is 0 Å². The molecule has 104 valence electrons. The summed E-state index contributed by atoms with van der Waals surface area (Å²) >= 11 is 0. The summed E-state index contributed by atoms with van der Waals surface area (Å²) in [4.78, 5) is 0. The first-order valence-corrected chi connectivity index (χ1v) is 7.02. The van der Waals surface area contributed by atoms with Gasteiger partial charge < -0.3 is 5.21 Å². The molecule has 19 heavy (non-hydrogen) atoms. The number of hydrogen-bond acceptors (Lipinski definition) is 2. The minimum Gasteiger partial charge on any atom is -0.411 e. The zero-order valence-corrected chi connectivity index (χ0v) is 12.3. The summed E-state index contributed by atoms with van der Waals surface area (Å²) < 4.78 is 0. The third-order valence-electron chi connectivity index (χ3n) is 3.37. The van der Waals surface area contributed by atoms with Crippen LogP contribution in [0.4, 0.5) is 0 Å². The van der Waals surface area contributed by atoms with Gasteiger partial charge in [0.2, 0.25) is 0 Å². The first-order valence-electron chi connectivity index (χ1n) is 7.02. The molecule has 0 radical (unpaired) electrons. The fraction of sp³-hybridized carbons (Fsp3) is 0.471. The van der Waals surface area contributed by atoms with Gasteiger partial charge in [0.1, 0.15) is 0 Å². The van der Waals surface area contributed by atoms with Gasteiger partial charge in [0, 0.05) is 0 Å². The Bertz CT molecular complexity index is 431. The third kappa shape index (κ3) is 6.23. The van der Waals surface area contributed by atoms with Crippen LogP contribution in [-0.4, -0.2) is 11.4 Å². The Hall–Kier alpha value is -1.57. The lowest BCUT2D eigenvalue weighted by Crippen LogP contribution is -2.00. The van der Waals surface area contributed by atoms with Gasteiger partial charge in [0.15, 0.2) is 0 Å². The molecule has 1 aromatic carbocycles. The standard InChI is InChI=1S/C17H25NO/c1-14(2)7-6-8-15(3)11-12-16-9-4-5-10-17(16)13-18-19/h4-5,7,9-10,13,15,19H,6,8,11-12H2,1-3H3. The van der Waals surface area contributed by atoms with Crippen molar-refractivity contribution in [3.05, 3.63) is 47.0 Å². The molecule has 0 aliphatic carbocycles. The summed E-state index contributed by atoms with van der Waals surface area (Å²) in [5.41, 5.74) is 3.67. The number of aryl methyl sites for hydroxylation is 1. The van der Waals surface area contributed by atoms with Crippen LogP contribution >= 0.6 is 0 Å². The van der Waals surface area contributed by atoms with Crippen LogP contribution in [0, 0.1) is 5.92 Å². The van der Waals surface area contributed by atoms with Crippen LogP contribution in [0.3, 0.4) is 0 Å². The Balaban J connectivity index is 2.46.